The second-order valence-electron chi connectivity index (χ2n) is 9.58. The molecule has 174 valence electrons. The highest BCUT2D eigenvalue weighted by molar-refractivity contribution is 5.80. The van der Waals surface area contributed by atoms with Crippen LogP contribution in [0.4, 0.5) is 4.79 Å². The number of likely N-dealkylation sites (tertiary alicyclic amines) is 1. The molecule has 2 aliphatic rings. The minimum absolute atomic E-state index is 0.0520. The lowest BCUT2D eigenvalue weighted by atomic mass is 10.0. The van der Waals surface area contributed by atoms with E-state index in [1.807, 2.05) is 20.8 Å². The third kappa shape index (κ3) is 8.68. The lowest BCUT2D eigenvalue weighted by Gasteiger charge is -2.35. The largest absolute Gasteiger partial charge is 0.444 e. The number of aliphatic imine (C=N–C) groups is 1. The van der Waals surface area contributed by atoms with Crippen LogP contribution in [0.3, 0.4) is 0 Å². The molecule has 0 bridgehead atoms. The molecule has 0 aromatic carbocycles. The Balaban J connectivity index is 1.75. The van der Waals surface area contributed by atoms with Crippen molar-refractivity contribution in [3.8, 4) is 0 Å². The lowest BCUT2D eigenvalue weighted by molar-refractivity contribution is -0.0367. The molecule has 2 heterocycles. The smallest absolute Gasteiger partial charge is 0.407 e. The van der Waals surface area contributed by atoms with Crippen LogP contribution in [0.1, 0.15) is 60.3 Å². The van der Waals surface area contributed by atoms with E-state index < -0.39 is 5.60 Å². The van der Waals surface area contributed by atoms with Crippen LogP contribution in [-0.4, -0.2) is 80.7 Å². The van der Waals surface area contributed by atoms with E-state index in [-0.39, 0.29) is 24.2 Å². The van der Waals surface area contributed by atoms with Crippen molar-refractivity contribution in [2.24, 2.45) is 10.9 Å². The van der Waals surface area contributed by atoms with Gasteiger partial charge in [-0.25, -0.2) is 4.79 Å². The van der Waals surface area contributed by atoms with Crippen molar-refractivity contribution in [2.75, 3.05) is 39.9 Å². The number of piperidine rings is 1. The Hall–Kier alpha value is -1.54. The number of ether oxygens (including phenoxy) is 3. The zero-order valence-electron chi connectivity index (χ0n) is 19.7. The van der Waals surface area contributed by atoms with Gasteiger partial charge in [0.1, 0.15) is 5.60 Å². The Morgan fingerprint density at radius 3 is 2.47 bits per heavy atom. The monoisotopic (exact) mass is 426 g/mol. The summed E-state index contributed by atoms with van der Waals surface area (Å²) in [6.07, 6.45) is 4.41. The highest BCUT2D eigenvalue weighted by Crippen LogP contribution is 2.18. The van der Waals surface area contributed by atoms with Gasteiger partial charge in [-0.05, 0) is 52.4 Å². The Kier molecular flexibility index (Phi) is 9.68. The summed E-state index contributed by atoms with van der Waals surface area (Å²) in [4.78, 5) is 18.9. The van der Waals surface area contributed by atoms with E-state index in [9.17, 15) is 4.79 Å². The molecular formula is C22H42N4O4. The van der Waals surface area contributed by atoms with Gasteiger partial charge in [-0.3, -0.25) is 4.99 Å². The van der Waals surface area contributed by atoms with Crippen LogP contribution in [0.5, 0.6) is 0 Å². The number of guanidine groups is 1. The van der Waals surface area contributed by atoms with Crippen molar-refractivity contribution in [3.63, 3.8) is 0 Å². The van der Waals surface area contributed by atoms with Crippen molar-refractivity contribution >= 4 is 12.1 Å². The second kappa shape index (κ2) is 11.7. The molecule has 8 nitrogen and oxygen atoms in total. The van der Waals surface area contributed by atoms with Gasteiger partial charge >= 0.3 is 6.09 Å². The normalized spacial score (nSPS) is 22.3. The SMILES string of the molecule is CN=C(NCC(NC(=O)OC(C)(C)C)C(C)C)N1CCC(OCC2CCCO2)CC1. The summed E-state index contributed by atoms with van der Waals surface area (Å²) < 4.78 is 17.1. The average Bonchev–Trinajstić information content (AvgIpc) is 3.18. The molecule has 0 spiro atoms. The van der Waals surface area contributed by atoms with E-state index in [2.05, 4.69) is 34.4 Å². The first-order chi connectivity index (χ1) is 14.2. The predicted octanol–water partition coefficient (Wildman–Crippen LogP) is 2.77. The molecule has 2 N–H and O–H groups in total. The summed E-state index contributed by atoms with van der Waals surface area (Å²) in [6, 6.07) is -0.0520. The van der Waals surface area contributed by atoms with Gasteiger partial charge in [0.15, 0.2) is 5.96 Å². The number of rotatable bonds is 7. The third-order valence-electron chi connectivity index (χ3n) is 5.48. The number of nitrogens with one attached hydrogen (secondary N) is 2. The van der Waals surface area contributed by atoms with Crippen molar-refractivity contribution < 1.29 is 19.0 Å². The molecule has 2 saturated heterocycles. The van der Waals surface area contributed by atoms with Crippen molar-refractivity contribution in [2.45, 2.75) is 84.2 Å². The minimum atomic E-state index is -0.509. The number of hydrogen-bond donors (Lipinski definition) is 2. The van der Waals surface area contributed by atoms with Crippen LogP contribution in [0.25, 0.3) is 0 Å². The van der Waals surface area contributed by atoms with Crippen molar-refractivity contribution in [3.05, 3.63) is 0 Å². The zero-order chi connectivity index (χ0) is 22.1. The Morgan fingerprint density at radius 2 is 1.93 bits per heavy atom. The molecule has 2 rings (SSSR count). The lowest BCUT2D eigenvalue weighted by Crippen LogP contribution is -2.52. The molecule has 0 saturated carbocycles. The molecular weight excluding hydrogens is 384 g/mol. The van der Waals surface area contributed by atoms with E-state index in [0.29, 0.717) is 19.3 Å². The maximum absolute atomic E-state index is 12.2. The number of alkyl carbamates (subject to hydrolysis) is 1. The van der Waals surface area contributed by atoms with Gasteiger partial charge in [0, 0.05) is 33.3 Å². The minimum Gasteiger partial charge on any atom is -0.444 e. The molecule has 2 atom stereocenters. The summed E-state index contributed by atoms with van der Waals surface area (Å²) >= 11 is 0. The maximum atomic E-state index is 12.2. The summed E-state index contributed by atoms with van der Waals surface area (Å²) in [6.45, 7) is 13.8. The van der Waals surface area contributed by atoms with Gasteiger partial charge in [0.2, 0.25) is 0 Å². The van der Waals surface area contributed by atoms with Crippen LogP contribution in [0, 0.1) is 5.92 Å². The molecule has 30 heavy (non-hydrogen) atoms. The molecule has 0 radical (unpaired) electrons. The first-order valence-electron chi connectivity index (χ1n) is 11.4. The molecule has 2 fully saturated rings. The van der Waals surface area contributed by atoms with Gasteiger partial charge in [0.25, 0.3) is 0 Å². The summed E-state index contributed by atoms with van der Waals surface area (Å²) in [5, 5.41) is 6.40. The van der Waals surface area contributed by atoms with Gasteiger partial charge in [0.05, 0.1) is 24.9 Å². The Bertz CT molecular complexity index is 548. The van der Waals surface area contributed by atoms with Crippen LogP contribution < -0.4 is 10.6 Å². The highest BCUT2D eigenvalue weighted by atomic mass is 16.6. The van der Waals surface area contributed by atoms with E-state index in [0.717, 1.165) is 51.3 Å². The number of nitrogens with zero attached hydrogens (tertiary/aromatic N) is 2. The molecule has 0 aromatic rings. The highest BCUT2D eigenvalue weighted by Gasteiger charge is 2.26. The van der Waals surface area contributed by atoms with E-state index >= 15 is 0 Å². The van der Waals surface area contributed by atoms with E-state index in [1.165, 1.54) is 0 Å². The van der Waals surface area contributed by atoms with Crippen LogP contribution in [0.2, 0.25) is 0 Å². The molecule has 1 amide bonds. The van der Waals surface area contributed by atoms with Crippen LogP contribution in [-0.2, 0) is 14.2 Å². The zero-order valence-corrected chi connectivity index (χ0v) is 19.7. The molecule has 0 aromatic heterocycles. The number of amides is 1. The quantitative estimate of drug-likeness (QED) is 0.481. The van der Waals surface area contributed by atoms with Gasteiger partial charge < -0.3 is 29.7 Å². The molecule has 2 unspecified atom stereocenters. The topological polar surface area (TPSA) is 84.4 Å². The van der Waals surface area contributed by atoms with Crippen LogP contribution >= 0.6 is 0 Å². The molecule has 0 aliphatic carbocycles. The maximum Gasteiger partial charge on any atom is 0.407 e. The fourth-order valence-electron chi connectivity index (χ4n) is 3.70. The predicted molar refractivity (Wildman–Crippen MR) is 119 cm³/mol. The molecule has 2 aliphatic heterocycles. The second-order valence-corrected chi connectivity index (χ2v) is 9.58. The molecule has 8 heteroatoms. The van der Waals surface area contributed by atoms with Gasteiger partial charge in [-0.1, -0.05) is 13.8 Å². The Morgan fingerprint density at radius 1 is 1.23 bits per heavy atom. The summed E-state index contributed by atoms with van der Waals surface area (Å²) in [5.74, 6) is 1.13. The van der Waals surface area contributed by atoms with Crippen LogP contribution in [0.15, 0.2) is 4.99 Å². The summed E-state index contributed by atoms with van der Waals surface area (Å²) in [5.41, 5.74) is -0.509. The number of hydrogen-bond acceptors (Lipinski definition) is 5. The fraction of sp³-hybridized carbons (Fsp3) is 0.909. The van der Waals surface area contributed by atoms with Gasteiger partial charge in [-0.15, -0.1) is 0 Å². The average molecular weight is 427 g/mol. The number of carbonyl (C=O) groups is 1. The van der Waals surface area contributed by atoms with Crippen molar-refractivity contribution in [1.82, 2.24) is 15.5 Å². The fourth-order valence-corrected chi connectivity index (χ4v) is 3.70. The van der Waals surface area contributed by atoms with E-state index in [4.69, 9.17) is 14.2 Å². The Labute approximate surface area is 182 Å². The van der Waals surface area contributed by atoms with E-state index in [1.54, 1.807) is 7.05 Å². The first kappa shape index (κ1) is 24.7. The van der Waals surface area contributed by atoms with Crippen molar-refractivity contribution in [1.29, 1.82) is 0 Å². The first-order valence-corrected chi connectivity index (χ1v) is 11.4. The summed E-state index contributed by atoms with van der Waals surface area (Å²) in [7, 11) is 1.80. The third-order valence-corrected chi connectivity index (χ3v) is 5.48. The number of carbonyl (C=O) groups excluding carboxylic acids is 1. The van der Waals surface area contributed by atoms with Gasteiger partial charge in [-0.2, -0.15) is 0 Å². The standard InChI is InChI=1S/C22H42N4O4/c1-16(2)19(25-21(27)30-22(3,4)5)14-24-20(23-6)26-11-9-17(10-12-26)29-15-18-8-7-13-28-18/h16-19H,7-15H2,1-6H3,(H,23,24)(H,25,27).